The molecule has 0 spiro atoms. The molecule has 0 aliphatic rings. The van der Waals surface area contributed by atoms with Gasteiger partial charge >= 0.3 is 5.97 Å². The van der Waals surface area contributed by atoms with E-state index in [1.54, 1.807) is 26.0 Å². The third-order valence-corrected chi connectivity index (χ3v) is 6.74. The summed E-state index contributed by atoms with van der Waals surface area (Å²) in [7, 11) is -3.49. The Hall–Kier alpha value is -2.68. The fraction of sp³-hybridized carbons (Fsp3) is 0.421. The van der Waals surface area contributed by atoms with E-state index >= 15 is 0 Å². The molecule has 0 bridgehead atoms. The van der Waals surface area contributed by atoms with Crippen LogP contribution in [0, 0.1) is 5.92 Å². The Kier molecular flexibility index (Phi) is 7.33. The van der Waals surface area contributed by atoms with Crippen LogP contribution in [0.3, 0.4) is 0 Å². The quantitative estimate of drug-likeness (QED) is 0.543. The number of rotatable bonds is 10. The first-order valence-electron chi connectivity index (χ1n) is 8.95. The molecule has 2 aromatic rings. The van der Waals surface area contributed by atoms with Crippen LogP contribution in [-0.4, -0.2) is 52.4 Å². The van der Waals surface area contributed by atoms with Crippen LogP contribution in [0.4, 0.5) is 0 Å². The number of carbonyl (C=O) groups is 2. The molecule has 1 amide bonds. The monoisotopic (exact) mass is 407 g/mol. The highest BCUT2D eigenvalue weighted by atomic mass is 32.2. The number of imidazole rings is 1. The number of aromatic nitrogens is 2. The molecule has 9 heteroatoms. The molecule has 1 heterocycles. The number of sulfone groups is 1. The molecule has 0 aliphatic carbocycles. The number of aliphatic carboxylic acids is 1. The summed E-state index contributed by atoms with van der Waals surface area (Å²) in [6, 6.07) is 7.86. The summed E-state index contributed by atoms with van der Waals surface area (Å²) >= 11 is 0. The third kappa shape index (κ3) is 6.19. The fourth-order valence-corrected chi connectivity index (χ4v) is 3.92. The summed E-state index contributed by atoms with van der Waals surface area (Å²) < 4.78 is 24.8. The second kappa shape index (κ2) is 9.50. The number of carboxylic acids is 1. The lowest BCUT2D eigenvalue weighted by molar-refractivity contribution is -0.142. The number of carbonyl (C=O) groups excluding carboxylic acids is 1. The van der Waals surface area contributed by atoms with Crippen molar-refractivity contribution in [1.82, 2.24) is 15.3 Å². The topological polar surface area (TPSA) is 129 Å². The predicted octanol–water partition coefficient (Wildman–Crippen LogP) is 1.20. The number of amides is 1. The van der Waals surface area contributed by atoms with E-state index in [9.17, 15) is 23.1 Å². The lowest BCUT2D eigenvalue weighted by Gasteiger charge is -2.21. The molecular weight excluding hydrogens is 382 g/mol. The molecule has 1 aromatic carbocycles. The Labute approximate surface area is 164 Å². The molecule has 28 heavy (non-hydrogen) atoms. The van der Waals surface area contributed by atoms with Crippen molar-refractivity contribution in [2.45, 2.75) is 38.0 Å². The summed E-state index contributed by atoms with van der Waals surface area (Å²) in [5, 5.41) is 11.3. The minimum Gasteiger partial charge on any atom is -0.480 e. The smallest absolute Gasteiger partial charge is 0.326 e. The van der Waals surface area contributed by atoms with E-state index in [-0.39, 0.29) is 18.6 Å². The van der Waals surface area contributed by atoms with Crippen LogP contribution in [0.1, 0.15) is 25.1 Å². The van der Waals surface area contributed by atoms with Crippen molar-refractivity contribution >= 4 is 21.7 Å². The molecule has 0 fully saturated rings. The minimum atomic E-state index is -3.49. The van der Waals surface area contributed by atoms with Crippen LogP contribution in [-0.2, 0) is 32.3 Å². The number of H-pyrrole nitrogens is 1. The fourth-order valence-electron chi connectivity index (χ4n) is 2.70. The van der Waals surface area contributed by atoms with Gasteiger partial charge in [-0.05, 0) is 25.8 Å². The Morgan fingerprint density at radius 2 is 1.86 bits per heavy atom. The Morgan fingerprint density at radius 1 is 1.18 bits per heavy atom. The SMILES string of the molecule is CC(C)S(=O)(=O)CC(Cc1ccccc1)C(=O)N[C@@H](Cc1cnc[nH]1)C(=O)O. The van der Waals surface area contributed by atoms with Crippen molar-refractivity contribution in [3.05, 3.63) is 54.1 Å². The number of carboxylic acid groups (broad SMARTS) is 1. The summed E-state index contributed by atoms with van der Waals surface area (Å²) in [4.78, 5) is 31.0. The molecule has 8 nitrogen and oxygen atoms in total. The number of aromatic amines is 1. The molecule has 2 rings (SSSR count). The van der Waals surface area contributed by atoms with E-state index in [4.69, 9.17) is 0 Å². The van der Waals surface area contributed by atoms with Crippen molar-refractivity contribution in [2.24, 2.45) is 5.92 Å². The normalized spacial score (nSPS) is 13.8. The van der Waals surface area contributed by atoms with E-state index in [1.807, 2.05) is 18.2 Å². The van der Waals surface area contributed by atoms with E-state index in [1.165, 1.54) is 12.5 Å². The van der Waals surface area contributed by atoms with Gasteiger partial charge in [0, 0.05) is 18.3 Å². The standard InChI is InChI=1S/C19H25N3O5S/c1-13(2)28(26,27)11-15(8-14-6-4-3-5-7-14)18(23)22-17(19(24)25)9-16-10-20-12-21-16/h3-7,10,12-13,15,17H,8-9,11H2,1-2H3,(H,20,21)(H,22,23)(H,24,25)/t15?,17-/m0/s1. The van der Waals surface area contributed by atoms with Gasteiger partial charge in [-0.15, -0.1) is 0 Å². The molecule has 0 aliphatic heterocycles. The number of hydrogen-bond donors (Lipinski definition) is 3. The zero-order valence-corrected chi connectivity index (χ0v) is 16.6. The number of nitrogens with zero attached hydrogens (tertiary/aromatic N) is 1. The van der Waals surface area contributed by atoms with Crippen molar-refractivity contribution in [2.75, 3.05) is 5.75 Å². The highest BCUT2D eigenvalue weighted by Gasteiger charge is 2.31. The maximum absolute atomic E-state index is 12.8. The van der Waals surface area contributed by atoms with Crippen LogP contribution in [0.25, 0.3) is 0 Å². The molecule has 0 radical (unpaired) electrons. The number of benzene rings is 1. The molecule has 0 saturated heterocycles. The zero-order chi connectivity index (χ0) is 20.7. The number of nitrogens with one attached hydrogen (secondary N) is 2. The Morgan fingerprint density at radius 3 is 2.39 bits per heavy atom. The second-order valence-electron chi connectivity index (χ2n) is 6.95. The Bertz CT molecular complexity index is 880. The van der Waals surface area contributed by atoms with Gasteiger partial charge in [0.2, 0.25) is 5.91 Å². The summed E-state index contributed by atoms with van der Waals surface area (Å²) in [5.41, 5.74) is 1.36. The molecule has 1 aromatic heterocycles. The summed E-state index contributed by atoms with van der Waals surface area (Å²) in [6.07, 6.45) is 3.13. The van der Waals surface area contributed by atoms with Gasteiger partial charge in [0.05, 0.1) is 23.2 Å². The average Bonchev–Trinajstić information content (AvgIpc) is 3.14. The van der Waals surface area contributed by atoms with Gasteiger partial charge in [0.25, 0.3) is 0 Å². The zero-order valence-electron chi connectivity index (χ0n) is 15.8. The molecule has 3 N–H and O–H groups in total. The van der Waals surface area contributed by atoms with Crippen LogP contribution in [0.15, 0.2) is 42.9 Å². The van der Waals surface area contributed by atoms with Crippen molar-refractivity contribution in [1.29, 1.82) is 0 Å². The maximum Gasteiger partial charge on any atom is 0.326 e. The molecule has 1 unspecified atom stereocenters. The largest absolute Gasteiger partial charge is 0.480 e. The lowest BCUT2D eigenvalue weighted by Crippen LogP contribution is -2.47. The van der Waals surface area contributed by atoms with E-state index in [0.717, 1.165) is 5.56 Å². The van der Waals surface area contributed by atoms with Crippen LogP contribution >= 0.6 is 0 Å². The van der Waals surface area contributed by atoms with Gasteiger partial charge in [-0.3, -0.25) is 4.79 Å². The van der Waals surface area contributed by atoms with Crippen LogP contribution in [0.5, 0.6) is 0 Å². The highest BCUT2D eigenvalue weighted by Crippen LogP contribution is 2.15. The first kappa shape index (κ1) is 21.6. The van der Waals surface area contributed by atoms with Gasteiger partial charge in [0.1, 0.15) is 6.04 Å². The van der Waals surface area contributed by atoms with Gasteiger partial charge in [0.15, 0.2) is 9.84 Å². The summed E-state index contributed by atoms with van der Waals surface area (Å²) in [5.74, 6) is -3.03. The van der Waals surface area contributed by atoms with Gasteiger partial charge in [-0.1, -0.05) is 30.3 Å². The van der Waals surface area contributed by atoms with Crippen LogP contribution in [0.2, 0.25) is 0 Å². The first-order valence-corrected chi connectivity index (χ1v) is 10.7. The summed E-state index contributed by atoms with van der Waals surface area (Å²) in [6.45, 7) is 3.12. The van der Waals surface area contributed by atoms with Gasteiger partial charge in [-0.2, -0.15) is 0 Å². The van der Waals surface area contributed by atoms with Crippen molar-refractivity contribution < 1.29 is 23.1 Å². The van der Waals surface area contributed by atoms with E-state index < -0.39 is 38.9 Å². The molecule has 152 valence electrons. The van der Waals surface area contributed by atoms with Crippen molar-refractivity contribution in [3.63, 3.8) is 0 Å². The molecule has 2 atom stereocenters. The van der Waals surface area contributed by atoms with E-state index in [0.29, 0.717) is 5.69 Å². The lowest BCUT2D eigenvalue weighted by atomic mass is 9.99. The van der Waals surface area contributed by atoms with E-state index in [2.05, 4.69) is 15.3 Å². The molecule has 0 saturated carbocycles. The Balaban J connectivity index is 2.19. The van der Waals surface area contributed by atoms with Gasteiger partial charge < -0.3 is 15.4 Å². The van der Waals surface area contributed by atoms with Crippen LogP contribution < -0.4 is 5.32 Å². The third-order valence-electron chi connectivity index (χ3n) is 4.44. The highest BCUT2D eigenvalue weighted by molar-refractivity contribution is 7.92. The van der Waals surface area contributed by atoms with Crippen molar-refractivity contribution in [3.8, 4) is 0 Å². The second-order valence-corrected chi connectivity index (χ2v) is 9.55. The number of hydrogen-bond acceptors (Lipinski definition) is 5. The minimum absolute atomic E-state index is 0.0239. The average molecular weight is 407 g/mol. The molecular formula is C19H25N3O5S. The first-order chi connectivity index (χ1) is 13.2. The maximum atomic E-state index is 12.8. The predicted molar refractivity (Wildman–Crippen MR) is 104 cm³/mol. The van der Waals surface area contributed by atoms with Gasteiger partial charge in [-0.25, -0.2) is 18.2 Å².